The van der Waals surface area contributed by atoms with E-state index in [0.717, 1.165) is 0 Å². The van der Waals surface area contributed by atoms with E-state index in [1.54, 1.807) is 6.07 Å². The van der Waals surface area contributed by atoms with E-state index in [1.807, 2.05) is 12.2 Å². The zero-order valence-electron chi connectivity index (χ0n) is 9.76. The van der Waals surface area contributed by atoms with E-state index in [4.69, 9.17) is 9.47 Å². The zero-order chi connectivity index (χ0) is 12.5. The number of methoxy groups -OCH3 is 2. The van der Waals surface area contributed by atoms with E-state index < -0.39 is 9.84 Å². The van der Waals surface area contributed by atoms with Crippen LogP contribution in [0.5, 0.6) is 11.5 Å². The van der Waals surface area contributed by atoms with Crippen molar-refractivity contribution in [1.29, 1.82) is 0 Å². The molecule has 0 fully saturated rings. The molecule has 1 aliphatic rings. The van der Waals surface area contributed by atoms with Crippen molar-refractivity contribution in [3.8, 4) is 11.5 Å². The van der Waals surface area contributed by atoms with Crippen LogP contribution in [0.3, 0.4) is 0 Å². The van der Waals surface area contributed by atoms with Gasteiger partial charge in [-0.3, -0.25) is 0 Å². The first-order valence-corrected chi connectivity index (χ1v) is 6.89. The van der Waals surface area contributed by atoms with Gasteiger partial charge in [0.2, 0.25) is 0 Å². The van der Waals surface area contributed by atoms with Crippen molar-refractivity contribution in [2.75, 3.05) is 20.0 Å². The Morgan fingerprint density at radius 2 is 1.76 bits per heavy atom. The molecule has 17 heavy (non-hydrogen) atoms. The number of allylic oxidation sites excluding steroid dienone is 1. The molecule has 1 heterocycles. The highest BCUT2D eigenvalue weighted by atomic mass is 32.2. The van der Waals surface area contributed by atoms with E-state index in [0.29, 0.717) is 28.4 Å². The number of benzene rings is 1. The Bertz CT molecular complexity index is 558. The second-order valence-corrected chi connectivity index (χ2v) is 5.83. The van der Waals surface area contributed by atoms with Crippen molar-refractivity contribution in [2.45, 2.75) is 11.3 Å². The molecule has 0 amide bonds. The fraction of sp³-hybridized carbons (Fsp3) is 0.333. The molecule has 4 nitrogen and oxygen atoms in total. The molecule has 2 rings (SSSR count). The first kappa shape index (κ1) is 12.0. The van der Waals surface area contributed by atoms with Crippen LogP contribution in [0.4, 0.5) is 0 Å². The molecule has 5 heteroatoms. The fourth-order valence-electron chi connectivity index (χ4n) is 1.82. The number of ether oxygens (including phenoxy) is 2. The molecular formula is C12H14O4S. The lowest BCUT2D eigenvalue weighted by Gasteiger charge is -2.12. The van der Waals surface area contributed by atoms with Crippen LogP contribution in [0.15, 0.2) is 23.1 Å². The predicted molar refractivity (Wildman–Crippen MR) is 65.2 cm³/mol. The molecule has 0 aliphatic carbocycles. The summed E-state index contributed by atoms with van der Waals surface area (Å²) >= 11 is 0. The molecule has 0 saturated carbocycles. The standard InChI is InChI=1S/C12H14O4S/c1-15-10-7-9-5-3-4-6-17(13,14)12(9)8-11(10)16-2/h3,5,7-8H,4,6H2,1-2H3. The Morgan fingerprint density at radius 3 is 2.41 bits per heavy atom. The highest BCUT2D eigenvalue weighted by Gasteiger charge is 2.22. The van der Waals surface area contributed by atoms with Gasteiger partial charge in [-0.2, -0.15) is 0 Å². The van der Waals surface area contributed by atoms with Gasteiger partial charge < -0.3 is 9.47 Å². The average Bonchev–Trinajstić information content (AvgIpc) is 2.46. The molecule has 1 aromatic carbocycles. The molecule has 1 aliphatic heterocycles. The van der Waals surface area contributed by atoms with Gasteiger partial charge in [0.05, 0.1) is 24.9 Å². The molecule has 0 unspecified atom stereocenters. The van der Waals surface area contributed by atoms with Gasteiger partial charge >= 0.3 is 0 Å². The fourth-order valence-corrected chi connectivity index (χ4v) is 3.26. The van der Waals surface area contributed by atoms with Crippen LogP contribution in [-0.4, -0.2) is 28.4 Å². The topological polar surface area (TPSA) is 52.6 Å². The lowest BCUT2D eigenvalue weighted by atomic mass is 10.2. The van der Waals surface area contributed by atoms with E-state index >= 15 is 0 Å². The van der Waals surface area contributed by atoms with E-state index in [1.165, 1.54) is 20.3 Å². The summed E-state index contributed by atoms with van der Waals surface area (Å²) in [4.78, 5) is 0.309. The Hall–Kier alpha value is -1.49. The molecule has 0 saturated heterocycles. The molecule has 0 bridgehead atoms. The summed E-state index contributed by atoms with van der Waals surface area (Å²) in [5, 5.41) is 0. The summed E-state index contributed by atoms with van der Waals surface area (Å²) in [6.45, 7) is 0. The van der Waals surface area contributed by atoms with Crippen LogP contribution in [-0.2, 0) is 9.84 Å². The summed E-state index contributed by atoms with van der Waals surface area (Å²) in [7, 11) is -0.218. The third-order valence-corrected chi connectivity index (χ3v) is 4.50. The van der Waals surface area contributed by atoms with Crippen molar-refractivity contribution in [3.63, 3.8) is 0 Å². The first-order valence-electron chi connectivity index (χ1n) is 5.24. The van der Waals surface area contributed by atoms with Crippen molar-refractivity contribution in [1.82, 2.24) is 0 Å². The van der Waals surface area contributed by atoms with Gasteiger partial charge in [0.1, 0.15) is 0 Å². The molecule has 0 atom stereocenters. The van der Waals surface area contributed by atoms with Crippen molar-refractivity contribution < 1.29 is 17.9 Å². The van der Waals surface area contributed by atoms with Gasteiger partial charge in [-0.15, -0.1) is 0 Å². The highest BCUT2D eigenvalue weighted by Crippen LogP contribution is 2.35. The number of fused-ring (bicyclic) bond motifs is 1. The van der Waals surface area contributed by atoms with Crippen LogP contribution < -0.4 is 9.47 Å². The molecule has 92 valence electrons. The van der Waals surface area contributed by atoms with E-state index in [9.17, 15) is 8.42 Å². The van der Waals surface area contributed by atoms with E-state index in [2.05, 4.69) is 0 Å². The lowest BCUT2D eigenvalue weighted by molar-refractivity contribution is 0.353. The second-order valence-electron chi connectivity index (χ2n) is 3.75. The summed E-state index contributed by atoms with van der Waals surface area (Å²) in [5.41, 5.74) is 0.653. The van der Waals surface area contributed by atoms with E-state index in [-0.39, 0.29) is 5.75 Å². The van der Waals surface area contributed by atoms with Gasteiger partial charge in [-0.25, -0.2) is 8.42 Å². The number of sulfone groups is 1. The maximum atomic E-state index is 12.0. The molecule has 0 aromatic heterocycles. The number of hydrogen-bond acceptors (Lipinski definition) is 4. The third kappa shape index (κ3) is 2.15. The van der Waals surface area contributed by atoms with Gasteiger partial charge in [-0.05, 0) is 18.1 Å². The largest absolute Gasteiger partial charge is 0.493 e. The Labute approximate surface area is 101 Å². The predicted octanol–water partition coefficient (Wildman–Crippen LogP) is 1.89. The molecule has 0 radical (unpaired) electrons. The van der Waals surface area contributed by atoms with Crippen molar-refractivity contribution in [2.24, 2.45) is 0 Å². The van der Waals surface area contributed by atoms with Crippen LogP contribution in [0.1, 0.15) is 12.0 Å². The maximum absolute atomic E-state index is 12.0. The maximum Gasteiger partial charge on any atom is 0.179 e. The minimum Gasteiger partial charge on any atom is -0.493 e. The number of hydrogen-bond donors (Lipinski definition) is 0. The Balaban J connectivity index is 2.70. The summed E-state index contributed by atoms with van der Waals surface area (Å²) in [6.07, 6.45) is 4.19. The lowest BCUT2D eigenvalue weighted by Crippen LogP contribution is -2.07. The van der Waals surface area contributed by atoms with Crippen molar-refractivity contribution >= 4 is 15.9 Å². The van der Waals surface area contributed by atoms with Gasteiger partial charge in [0, 0.05) is 6.07 Å². The molecular weight excluding hydrogens is 240 g/mol. The molecule has 1 aromatic rings. The summed E-state index contributed by atoms with van der Waals surface area (Å²) in [5.74, 6) is 1.10. The minimum atomic E-state index is -3.23. The normalized spacial score (nSPS) is 17.1. The Morgan fingerprint density at radius 1 is 1.12 bits per heavy atom. The SMILES string of the molecule is COc1cc2c(cc1OC)S(=O)(=O)CCC=C2. The van der Waals surface area contributed by atoms with Crippen molar-refractivity contribution in [3.05, 3.63) is 23.8 Å². The molecule has 0 spiro atoms. The highest BCUT2D eigenvalue weighted by molar-refractivity contribution is 7.91. The van der Waals surface area contributed by atoms with Gasteiger partial charge in [0.25, 0.3) is 0 Å². The quantitative estimate of drug-likeness (QED) is 0.808. The summed E-state index contributed by atoms with van der Waals surface area (Å²) in [6, 6.07) is 3.21. The van der Waals surface area contributed by atoms with Crippen LogP contribution in [0, 0.1) is 0 Å². The van der Waals surface area contributed by atoms with Gasteiger partial charge in [-0.1, -0.05) is 12.2 Å². The third-order valence-electron chi connectivity index (χ3n) is 2.70. The number of rotatable bonds is 2. The monoisotopic (exact) mass is 254 g/mol. The molecule has 0 N–H and O–H groups in total. The van der Waals surface area contributed by atoms with Gasteiger partial charge in [0.15, 0.2) is 21.3 Å². The smallest absolute Gasteiger partial charge is 0.179 e. The van der Waals surface area contributed by atoms with Crippen LogP contribution >= 0.6 is 0 Å². The first-order chi connectivity index (χ1) is 8.08. The average molecular weight is 254 g/mol. The summed E-state index contributed by atoms with van der Waals surface area (Å²) < 4.78 is 34.3. The zero-order valence-corrected chi connectivity index (χ0v) is 10.6. The van der Waals surface area contributed by atoms with Crippen LogP contribution in [0.25, 0.3) is 6.08 Å². The van der Waals surface area contributed by atoms with Crippen LogP contribution in [0.2, 0.25) is 0 Å². The minimum absolute atomic E-state index is 0.131. The Kier molecular flexibility index (Phi) is 3.11. The second kappa shape index (κ2) is 4.41.